The van der Waals surface area contributed by atoms with E-state index in [0.29, 0.717) is 24.8 Å². The van der Waals surface area contributed by atoms with Crippen LogP contribution in [-0.4, -0.2) is 41.6 Å². The lowest BCUT2D eigenvalue weighted by Crippen LogP contribution is -2.33. The lowest BCUT2D eigenvalue weighted by Gasteiger charge is -2.16. The molecule has 1 saturated carbocycles. The topological polar surface area (TPSA) is 66.8 Å². The highest BCUT2D eigenvalue weighted by Gasteiger charge is 2.46. The Balaban J connectivity index is 1.57. The van der Waals surface area contributed by atoms with Gasteiger partial charge in [-0.05, 0) is 49.3 Å². The van der Waals surface area contributed by atoms with Gasteiger partial charge in [-0.2, -0.15) is 0 Å². The molecular formula is C17H21NO4. The van der Waals surface area contributed by atoms with Gasteiger partial charge in [0.05, 0.1) is 5.92 Å². The summed E-state index contributed by atoms with van der Waals surface area (Å²) in [6.45, 7) is 2.80. The summed E-state index contributed by atoms with van der Waals surface area (Å²) in [5, 5.41) is 9.33. The van der Waals surface area contributed by atoms with Crippen molar-refractivity contribution >= 4 is 11.9 Å². The van der Waals surface area contributed by atoms with Crippen LogP contribution in [0.5, 0.6) is 5.75 Å². The molecule has 1 aromatic carbocycles. The molecule has 22 heavy (non-hydrogen) atoms. The maximum Gasteiger partial charge on any atom is 0.308 e. The summed E-state index contributed by atoms with van der Waals surface area (Å²) in [5.74, 6) is -0.0730. The van der Waals surface area contributed by atoms with Gasteiger partial charge in [-0.15, -0.1) is 0 Å². The molecule has 2 aliphatic rings. The van der Waals surface area contributed by atoms with E-state index in [-0.39, 0.29) is 18.4 Å². The van der Waals surface area contributed by atoms with E-state index in [2.05, 4.69) is 0 Å². The van der Waals surface area contributed by atoms with Crippen molar-refractivity contribution in [1.82, 2.24) is 4.90 Å². The molecule has 0 radical (unpaired) electrons. The Morgan fingerprint density at radius 1 is 1.32 bits per heavy atom. The molecule has 1 N–H and O–H groups in total. The standard InChI is InChI=1S/C17H21NO4/c1-11-3-2-4-13(7-11)22-10-16(19)18-8-14(12-5-6-12)15(9-18)17(20)21/h2-4,7,12,14-15H,5-6,8-10H2,1H3,(H,20,21)/t14-,15+/m1/s1. The second-order valence-electron chi connectivity index (χ2n) is 6.35. The summed E-state index contributed by atoms with van der Waals surface area (Å²) < 4.78 is 5.53. The van der Waals surface area contributed by atoms with Crippen molar-refractivity contribution in [3.8, 4) is 5.75 Å². The predicted octanol–water partition coefficient (Wildman–Crippen LogP) is 1.94. The first kappa shape index (κ1) is 14.9. The van der Waals surface area contributed by atoms with Crippen LogP contribution < -0.4 is 4.74 Å². The van der Waals surface area contributed by atoms with Gasteiger partial charge in [-0.3, -0.25) is 9.59 Å². The number of aliphatic carboxylic acids is 1. The minimum Gasteiger partial charge on any atom is -0.484 e. The van der Waals surface area contributed by atoms with Gasteiger partial charge in [-0.1, -0.05) is 12.1 Å². The number of carboxylic acid groups (broad SMARTS) is 1. The number of ether oxygens (including phenoxy) is 1. The number of carbonyl (C=O) groups excluding carboxylic acids is 1. The van der Waals surface area contributed by atoms with Crippen LogP contribution in [0.25, 0.3) is 0 Å². The Hall–Kier alpha value is -2.04. The minimum absolute atomic E-state index is 0.0345. The van der Waals surface area contributed by atoms with E-state index in [1.165, 1.54) is 0 Å². The molecule has 2 atom stereocenters. The Bertz CT molecular complexity index is 582. The van der Waals surface area contributed by atoms with Gasteiger partial charge in [0.2, 0.25) is 0 Å². The lowest BCUT2D eigenvalue weighted by atomic mass is 9.92. The SMILES string of the molecule is Cc1cccc(OCC(=O)N2C[C@H](C(=O)O)[C@@H](C3CC3)C2)c1. The zero-order valence-electron chi connectivity index (χ0n) is 12.7. The largest absolute Gasteiger partial charge is 0.484 e. The van der Waals surface area contributed by atoms with Gasteiger partial charge in [-0.25, -0.2) is 0 Å². The summed E-state index contributed by atoms with van der Waals surface area (Å²) in [5.41, 5.74) is 1.07. The molecule has 1 aliphatic heterocycles. The summed E-state index contributed by atoms with van der Waals surface area (Å²) in [6.07, 6.45) is 2.19. The molecule has 0 aromatic heterocycles. The Morgan fingerprint density at radius 3 is 2.73 bits per heavy atom. The number of rotatable bonds is 5. The molecule has 1 aromatic rings. The number of amides is 1. The highest BCUT2D eigenvalue weighted by atomic mass is 16.5. The van der Waals surface area contributed by atoms with Gasteiger partial charge in [0.1, 0.15) is 5.75 Å². The molecule has 1 aliphatic carbocycles. The van der Waals surface area contributed by atoms with E-state index >= 15 is 0 Å². The molecule has 0 unspecified atom stereocenters. The van der Waals surface area contributed by atoms with Crippen molar-refractivity contribution in [2.45, 2.75) is 19.8 Å². The summed E-state index contributed by atoms with van der Waals surface area (Å²) >= 11 is 0. The summed E-state index contributed by atoms with van der Waals surface area (Å²) in [6, 6.07) is 7.54. The lowest BCUT2D eigenvalue weighted by molar-refractivity contribution is -0.142. The molecule has 5 heteroatoms. The number of benzene rings is 1. The number of aryl methyl sites for hydroxylation is 1. The monoisotopic (exact) mass is 303 g/mol. The molecular weight excluding hydrogens is 282 g/mol. The van der Waals surface area contributed by atoms with Crippen molar-refractivity contribution in [3.63, 3.8) is 0 Å². The quantitative estimate of drug-likeness (QED) is 0.903. The normalized spacial score (nSPS) is 24.3. The molecule has 1 saturated heterocycles. The molecule has 3 rings (SSSR count). The second kappa shape index (κ2) is 5.99. The van der Waals surface area contributed by atoms with E-state index in [0.717, 1.165) is 18.4 Å². The third kappa shape index (κ3) is 3.24. The number of hydrogen-bond acceptors (Lipinski definition) is 3. The molecule has 1 heterocycles. The number of likely N-dealkylation sites (tertiary alicyclic amines) is 1. The fraction of sp³-hybridized carbons (Fsp3) is 0.529. The molecule has 5 nitrogen and oxygen atoms in total. The fourth-order valence-electron chi connectivity index (χ4n) is 3.24. The van der Waals surface area contributed by atoms with Gasteiger partial charge < -0.3 is 14.7 Å². The summed E-state index contributed by atoms with van der Waals surface area (Å²) in [4.78, 5) is 25.3. The van der Waals surface area contributed by atoms with Gasteiger partial charge >= 0.3 is 5.97 Å². The van der Waals surface area contributed by atoms with Gasteiger partial charge in [0.15, 0.2) is 6.61 Å². The average Bonchev–Trinajstić information content (AvgIpc) is 3.23. The van der Waals surface area contributed by atoms with E-state index in [9.17, 15) is 14.7 Å². The maximum atomic E-state index is 12.3. The van der Waals surface area contributed by atoms with Crippen LogP contribution in [-0.2, 0) is 9.59 Å². The Morgan fingerprint density at radius 2 is 2.09 bits per heavy atom. The first-order chi connectivity index (χ1) is 10.5. The fourth-order valence-corrected chi connectivity index (χ4v) is 3.24. The zero-order chi connectivity index (χ0) is 15.7. The van der Waals surface area contributed by atoms with Crippen molar-refractivity contribution in [1.29, 1.82) is 0 Å². The Labute approximate surface area is 129 Å². The maximum absolute atomic E-state index is 12.3. The number of carboxylic acids is 1. The van der Waals surface area contributed by atoms with E-state index < -0.39 is 11.9 Å². The number of carbonyl (C=O) groups is 2. The van der Waals surface area contributed by atoms with Crippen LogP contribution in [0.2, 0.25) is 0 Å². The van der Waals surface area contributed by atoms with Gasteiger partial charge in [0.25, 0.3) is 5.91 Å². The average molecular weight is 303 g/mol. The van der Waals surface area contributed by atoms with Crippen LogP contribution in [0.3, 0.4) is 0 Å². The predicted molar refractivity (Wildman–Crippen MR) is 80.6 cm³/mol. The zero-order valence-corrected chi connectivity index (χ0v) is 12.7. The summed E-state index contributed by atoms with van der Waals surface area (Å²) in [7, 11) is 0. The van der Waals surface area contributed by atoms with Crippen molar-refractivity contribution in [3.05, 3.63) is 29.8 Å². The third-order valence-electron chi connectivity index (χ3n) is 4.61. The smallest absolute Gasteiger partial charge is 0.308 e. The molecule has 2 fully saturated rings. The molecule has 0 spiro atoms. The molecule has 118 valence electrons. The van der Waals surface area contributed by atoms with Crippen LogP contribution in [0.4, 0.5) is 0 Å². The highest BCUT2D eigenvalue weighted by molar-refractivity contribution is 5.80. The van der Waals surface area contributed by atoms with E-state index in [4.69, 9.17) is 4.74 Å². The van der Waals surface area contributed by atoms with Crippen molar-refractivity contribution < 1.29 is 19.4 Å². The Kier molecular flexibility index (Phi) is 4.05. The first-order valence-corrected chi connectivity index (χ1v) is 7.74. The van der Waals surface area contributed by atoms with E-state index in [1.54, 1.807) is 4.90 Å². The van der Waals surface area contributed by atoms with Crippen molar-refractivity contribution in [2.75, 3.05) is 19.7 Å². The number of hydrogen-bond donors (Lipinski definition) is 1. The van der Waals surface area contributed by atoms with Crippen LogP contribution in [0.1, 0.15) is 18.4 Å². The van der Waals surface area contributed by atoms with Crippen LogP contribution in [0.15, 0.2) is 24.3 Å². The van der Waals surface area contributed by atoms with Crippen LogP contribution in [0, 0.1) is 24.7 Å². The number of nitrogens with zero attached hydrogens (tertiary/aromatic N) is 1. The van der Waals surface area contributed by atoms with E-state index in [1.807, 2.05) is 31.2 Å². The molecule has 1 amide bonds. The highest BCUT2D eigenvalue weighted by Crippen LogP contribution is 2.44. The second-order valence-corrected chi connectivity index (χ2v) is 6.35. The van der Waals surface area contributed by atoms with Crippen molar-refractivity contribution in [2.24, 2.45) is 17.8 Å². The van der Waals surface area contributed by atoms with Gasteiger partial charge in [0, 0.05) is 13.1 Å². The van der Waals surface area contributed by atoms with Crippen LogP contribution >= 0.6 is 0 Å². The third-order valence-corrected chi connectivity index (χ3v) is 4.61. The minimum atomic E-state index is -0.785. The first-order valence-electron chi connectivity index (χ1n) is 7.74. The molecule has 0 bridgehead atoms.